The Morgan fingerprint density at radius 2 is 2.09 bits per heavy atom. The molecule has 0 aliphatic carbocycles. The zero-order valence-electron chi connectivity index (χ0n) is 18.4. The van der Waals surface area contributed by atoms with Gasteiger partial charge in [-0.25, -0.2) is 4.79 Å². The van der Waals surface area contributed by atoms with Crippen LogP contribution in [0.2, 0.25) is 5.02 Å². The number of halogens is 1. The molecule has 0 aromatic heterocycles. The van der Waals surface area contributed by atoms with E-state index in [1.807, 2.05) is 6.07 Å². The van der Waals surface area contributed by atoms with Gasteiger partial charge in [0.15, 0.2) is 0 Å². The van der Waals surface area contributed by atoms with Gasteiger partial charge in [-0.05, 0) is 17.7 Å². The maximum atomic E-state index is 13.4. The van der Waals surface area contributed by atoms with E-state index < -0.39 is 6.04 Å². The molecular weight excluding hydrogens is 446 g/mol. The van der Waals surface area contributed by atoms with Crippen LogP contribution in [-0.2, 0) is 14.3 Å². The summed E-state index contributed by atoms with van der Waals surface area (Å²) in [5.41, 5.74) is 1.77. The number of ether oxygens (including phenoxy) is 1. The number of benzene rings is 1. The molecule has 4 rings (SSSR count). The lowest BCUT2D eigenvalue weighted by Gasteiger charge is -2.33. The number of rotatable bonds is 8. The zero-order valence-corrected chi connectivity index (χ0v) is 19.1. The Morgan fingerprint density at radius 3 is 2.82 bits per heavy atom. The Bertz CT molecular complexity index is 975. The van der Waals surface area contributed by atoms with Gasteiger partial charge in [0, 0.05) is 37.7 Å². The van der Waals surface area contributed by atoms with Gasteiger partial charge in [-0.1, -0.05) is 29.8 Å². The van der Waals surface area contributed by atoms with Crippen LogP contribution in [-0.4, -0.2) is 91.6 Å². The number of amides is 4. The Labute approximate surface area is 198 Å². The van der Waals surface area contributed by atoms with Gasteiger partial charge in [-0.15, -0.1) is 6.58 Å². The first-order valence-corrected chi connectivity index (χ1v) is 11.4. The van der Waals surface area contributed by atoms with Crippen LogP contribution < -0.4 is 10.6 Å². The summed E-state index contributed by atoms with van der Waals surface area (Å²) in [5, 5.41) is 6.30. The van der Waals surface area contributed by atoms with Gasteiger partial charge in [-0.3, -0.25) is 19.4 Å². The lowest BCUT2D eigenvalue weighted by Crippen LogP contribution is -2.47. The summed E-state index contributed by atoms with van der Waals surface area (Å²) in [7, 11) is 0. The van der Waals surface area contributed by atoms with Gasteiger partial charge >= 0.3 is 6.03 Å². The third kappa shape index (κ3) is 5.21. The first-order chi connectivity index (χ1) is 16.0. The van der Waals surface area contributed by atoms with Gasteiger partial charge in [0.1, 0.15) is 6.54 Å². The minimum atomic E-state index is -0.630. The van der Waals surface area contributed by atoms with E-state index in [4.69, 9.17) is 16.3 Å². The molecule has 10 heteroatoms. The second-order valence-electron chi connectivity index (χ2n) is 8.16. The molecule has 3 aliphatic heterocycles. The average Bonchev–Trinajstić information content (AvgIpc) is 3.12. The van der Waals surface area contributed by atoms with Crippen LogP contribution in [0.1, 0.15) is 11.6 Å². The van der Waals surface area contributed by atoms with E-state index in [2.05, 4.69) is 22.1 Å². The minimum absolute atomic E-state index is 0.0761. The van der Waals surface area contributed by atoms with Gasteiger partial charge in [0.05, 0.1) is 37.1 Å². The maximum Gasteiger partial charge on any atom is 0.322 e. The summed E-state index contributed by atoms with van der Waals surface area (Å²) in [6.07, 6.45) is 1.61. The fraction of sp³-hybridized carbons (Fsp3) is 0.435. The second-order valence-corrected chi connectivity index (χ2v) is 8.60. The molecule has 1 fully saturated rings. The molecule has 3 aliphatic rings. The van der Waals surface area contributed by atoms with Crippen molar-refractivity contribution < 1.29 is 19.1 Å². The molecular formula is C23H28ClN5O4. The Balaban J connectivity index is 1.45. The predicted molar refractivity (Wildman–Crippen MR) is 124 cm³/mol. The third-order valence-electron chi connectivity index (χ3n) is 5.98. The number of urea groups is 1. The molecule has 1 saturated heterocycles. The molecule has 0 saturated carbocycles. The van der Waals surface area contributed by atoms with Crippen molar-refractivity contribution in [1.82, 2.24) is 25.3 Å². The molecule has 3 heterocycles. The molecule has 176 valence electrons. The average molecular weight is 474 g/mol. The summed E-state index contributed by atoms with van der Waals surface area (Å²) in [5.74, 6) is -0.502. The topological polar surface area (TPSA) is 94.2 Å². The lowest BCUT2D eigenvalue weighted by molar-refractivity contribution is -0.131. The van der Waals surface area contributed by atoms with Crippen LogP contribution in [0.4, 0.5) is 4.79 Å². The van der Waals surface area contributed by atoms with Crippen LogP contribution in [0.5, 0.6) is 0 Å². The molecule has 0 radical (unpaired) electrons. The molecule has 0 bridgehead atoms. The number of carbonyl (C=O) groups excluding carboxylic acids is 3. The highest BCUT2D eigenvalue weighted by molar-refractivity contribution is 6.30. The van der Waals surface area contributed by atoms with E-state index >= 15 is 0 Å². The monoisotopic (exact) mass is 473 g/mol. The van der Waals surface area contributed by atoms with E-state index in [0.29, 0.717) is 41.6 Å². The quantitative estimate of drug-likeness (QED) is 0.552. The number of nitrogens with one attached hydrogen (secondary N) is 2. The fourth-order valence-corrected chi connectivity index (χ4v) is 4.54. The molecule has 4 amide bonds. The Kier molecular flexibility index (Phi) is 7.32. The molecule has 0 unspecified atom stereocenters. The van der Waals surface area contributed by atoms with E-state index in [1.54, 1.807) is 24.3 Å². The highest BCUT2D eigenvalue weighted by Gasteiger charge is 2.44. The van der Waals surface area contributed by atoms with Crippen molar-refractivity contribution in [1.29, 1.82) is 0 Å². The van der Waals surface area contributed by atoms with Gasteiger partial charge in [0.2, 0.25) is 5.91 Å². The molecule has 2 N–H and O–H groups in total. The van der Waals surface area contributed by atoms with Crippen molar-refractivity contribution in [2.24, 2.45) is 0 Å². The Hall–Kier alpha value is -2.88. The van der Waals surface area contributed by atoms with E-state index in [0.717, 1.165) is 19.6 Å². The number of morpholine rings is 1. The predicted octanol–water partition coefficient (Wildman–Crippen LogP) is 1.14. The molecule has 9 nitrogen and oxygen atoms in total. The maximum absolute atomic E-state index is 13.4. The van der Waals surface area contributed by atoms with Gasteiger partial charge in [0.25, 0.3) is 5.91 Å². The summed E-state index contributed by atoms with van der Waals surface area (Å²) >= 11 is 6.15. The van der Waals surface area contributed by atoms with Crippen LogP contribution in [0, 0.1) is 0 Å². The highest BCUT2D eigenvalue weighted by Crippen LogP contribution is 2.36. The summed E-state index contributed by atoms with van der Waals surface area (Å²) < 4.78 is 5.33. The summed E-state index contributed by atoms with van der Waals surface area (Å²) in [6, 6.07) is 6.11. The van der Waals surface area contributed by atoms with Crippen molar-refractivity contribution in [3.8, 4) is 0 Å². The van der Waals surface area contributed by atoms with Gasteiger partial charge in [-0.2, -0.15) is 0 Å². The lowest BCUT2D eigenvalue weighted by atomic mass is 9.95. The van der Waals surface area contributed by atoms with E-state index in [9.17, 15) is 14.4 Å². The van der Waals surface area contributed by atoms with Gasteiger partial charge < -0.3 is 20.3 Å². The highest BCUT2D eigenvalue weighted by atomic mass is 35.5. The Morgan fingerprint density at radius 1 is 1.30 bits per heavy atom. The number of carbonyl (C=O) groups is 3. The van der Waals surface area contributed by atoms with Crippen LogP contribution in [0.15, 0.2) is 48.2 Å². The number of nitrogens with zero attached hydrogens (tertiary/aromatic N) is 3. The molecule has 1 aromatic rings. The normalized spacial score (nSPS) is 21.2. The fourth-order valence-electron chi connectivity index (χ4n) is 4.34. The largest absolute Gasteiger partial charge is 0.379 e. The smallest absolute Gasteiger partial charge is 0.322 e. The van der Waals surface area contributed by atoms with Crippen molar-refractivity contribution in [2.75, 3.05) is 59.0 Å². The van der Waals surface area contributed by atoms with Crippen LogP contribution in [0.25, 0.3) is 0 Å². The summed E-state index contributed by atoms with van der Waals surface area (Å²) in [6.45, 7) is 8.43. The van der Waals surface area contributed by atoms with Crippen LogP contribution >= 0.6 is 11.6 Å². The standard InChI is InChI=1S/C23H28ClN5O4/c1-2-7-29-18-14-28(15-19(30)25-6-8-27-9-11-33-12-10-27)22(31)20(18)21(26-23(29)32)16-4-3-5-17(24)13-16/h2-5,13,21H,1,6-12,14-15H2,(H,25,30)(H,26,32)/t21-/m0/s1. The van der Waals surface area contributed by atoms with Crippen LogP contribution in [0.3, 0.4) is 0 Å². The van der Waals surface area contributed by atoms with E-state index in [-0.39, 0.29) is 37.5 Å². The zero-order chi connectivity index (χ0) is 23.4. The summed E-state index contributed by atoms with van der Waals surface area (Å²) in [4.78, 5) is 43.9. The molecule has 1 aromatic carbocycles. The van der Waals surface area contributed by atoms with Crippen molar-refractivity contribution in [2.45, 2.75) is 6.04 Å². The van der Waals surface area contributed by atoms with Crippen molar-refractivity contribution in [3.63, 3.8) is 0 Å². The first kappa shape index (κ1) is 23.3. The molecule has 1 atom stereocenters. The van der Waals surface area contributed by atoms with Crippen molar-refractivity contribution >= 4 is 29.4 Å². The van der Waals surface area contributed by atoms with Crippen molar-refractivity contribution in [3.05, 3.63) is 58.8 Å². The SMILES string of the molecule is C=CCN1C(=O)N[C@@H](c2cccc(Cl)c2)C2=C1CN(CC(=O)NCCN1CCOCC1)C2=O. The second kappa shape index (κ2) is 10.4. The first-order valence-electron chi connectivity index (χ1n) is 11.0. The van der Waals surface area contributed by atoms with E-state index in [1.165, 1.54) is 9.80 Å². The molecule has 0 spiro atoms. The number of hydrogen-bond donors (Lipinski definition) is 2. The third-order valence-corrected chi connectivity index (χ3v) is 6.21. The number of hydrogen-bond acceptors (Lipinski definition) is 5. The minimum Gasteiger partial charge on any atom is -0.379 e. The molecule has 33 heavy (non-hydrogen) atoms.